The summed E-state index contributed by atoms with van der Waals surface area (Å²) in [4.78, 5) is 24.1. The molecule has 0 aromatic carbocycles. The van der Waals surface area contributed by atoms with Crippen molar-refractivity contribution in [1.82, 2.24) is 15.1 Å². The Balaban J connectivity index is 2.73. The Morgan fingerprint density at radius 1 is 1.50 bits per heavy atom. The molecule has 1 rings (SSSR count). The second-order valence-electron chi connectivity index (χ2n) is 4.39. The summed E-state index contributed by atoms with van der Waals surface area (Å²) in [7, 11) is 0. The smallest absolute Gasteiger partial charge is 0.305 e. The third-order valence-electron chi connectivity index (χ3n) is 2.70. The number of carbonyl (C=O) groups is 2. The molecular formula is C12H19N3O3. The van der Waals surface area contributed by atoms with Crippen molar-refractivity contribution < 1.29 is 14.7 Å². The van der Waals surface area contributed by atoms with Crippen molar-refractivity contribution in [3.63, 3.8) is 0 Å². The van der Waals surface area contributed by atoms with E-state index in [1.807, 2.05) is 20.8 Å². The first kappa shape index (κ1) is 14.2. The highest BCUT2D eigenvalue weighted by molar-refractivity contribution is 5.92. The number of aliphatic carboxylic acids is 1. The summed E-state index contributed by atoms with van der Waals surface area (Å²) in [6, 6.07) is 1.72. The van der Waals surface area contributed by atoms with Gasteiger partial charge in [0.25, 0.3) is 5.91 Å². The molecule has 18 heavy (non-hydrogen) atoms. The Hall–Kier alpha value is -1.85. The van der Waals surface area contributed by atoms with E-state index in [0.717, 1.165) is 5.69 Å². The Labute approximate surface area is 106 Å². The highest BCUT2D eigenvalue weighted by atomic mass is 16.4. The van der Waals surface area contributed by atoms with Crippen molar-refractivity contribution in [2.75, 3.05) is 13.1 Å². The number of amides is 1. The molecule has 0 atom stereocenters. The van der Waals surface area contributed by atoms with Gasteiger partial charge in [-0.25, -0.2) is 0 Å². The van der Waals surface area contributed by atoms with Gasteiger partial charge in [0.15, 0.2) is 0 Å². The van der Waals surface area contributed by atoms with Gasteiger partial charge in [0.1, 0.15) is 5.69 Å². The van der Waals surface area contributed by atoms with Crippen molar-refractivity contribution >= 4 is 11.9 Å². The summed E-state index contributed by atoms with van der Waals surface area (Å²) in [6.07, 6.45) is -0.0545. The fraction of sp³-hybridized carbons (Fsp3) is 0.583. The van der Waals surface area contributed by atoms with E-state index in [0.29, 0.717) is 12.2 Å². The zero-order chi connectivity index (χ0) is 13.7. The van der Waals surface area contributed by atoms with Gasteiger partial charge in [-0.3, -0.25) is 14.7 Å². The molecule has 0 saturated carbocycles. The van der Waals surface area contributed by atoms with Crippen LogP contribution >= 0.6 is 0 Å². The van der Waals surface area contributed by atoms with E-state index in [1.165, 1.54) is 4.90 Å². The zero-order valence-corrected chi connectivity index (χ0v) is 10.9. The second kappa shape index (κ2) is 6.18. The Morgan fingerprint density at radius 3 is 2.61 bits per heavy atom. The SMILES string of the molecule is CCN(CCC(=O)O)C(=O)c1cc(C(C)C)[nH]n1. The van der Waals surface area contributed by atoms with Gasteiger partial charge in [-0.15, -0.1) is 0 Å². The van der Waals surface area contributed by atoms with Crippen LogP contribution in [0, 0.1) is 0 Å². The maximum Gasteiger partial charge on any atom is 0.305 e. The second-order valence-corrected chi connectivity index (χ2v) is 4.39. The summed E-state index contributed by atoms with van der Waals surface area (Å²) in [5, 5.41) is 15.4. The summed E-state index contributed by atoms with van der Waals surface area (Å²) >= 11 is 0. The number of hydrogen-bond donors (Lipinski definition) is 2. The van der Waals surface area contributed by atoms with Crippen molar-refractivity contribution in [3.8, 4) is 0 Å². The van der Waals surface area contributed by atoms with Crippen LogP contribution in [0.3, 0.4) is 0 Å². The number of aromatic amines is 1. The van der Waals surface area contributed by atoms with Gasteiger partial charge in [-0.05, 0) is 18.9 Å². The van der Waals surface area contributed by atoms with Gasteiger partial charge in [-0.1, -0.05) is 13.8 Å². The molecule has 0 saturated heterocycles. The maximum atomic E-state index is 12.1. The van der Waals surface area contributed by atoms with E-state index >= 15 is 0 Å². The van der Waals surface area contributed by atoms with Crippen LogP contribution in [0.1, 0.15) is 49.3 Å². The Kier molecular flexibility index (Phi) is 4.88. The molecule has 1 aromatic rings. The minimum Gasteiger partial charge on any atom is -0.481 e. The van der Waals surface area contributed by atoms with Crippen molar-refractivity contribution in [2.24, 2.45) is 0 Å². The first-order valence-corrected chi connectivity index (χ1v) is 6.02. The molecule has 0 aliphatic carbocycles. The lowest BCUT2D eigenvalue weighted by Crippen LogP contribution is -2.33. The highest BCUT2D eigenvalue weighted by Crippen LogP contribution is 2.13. The molecule has 100 valence electrons. The largest absolute Gasteiger partial charge is 0.481 e. The van der Waals surface area contributed by atoms with E-state index in [-0.39, 0.29) is 24.8 Å². The monoisotopic (exact) mass is 253 g/mol. The number of nitrogens with one attached hydrogen (secondary N) is 1. The summed E-state index contributed by atoms with van der Waals surface area (Å²) in [5.74, 6) is -0.874. The van der Waals surface area contributed by atoms with E-state index in [4.69, 9.17) is 5.11 Å². The number of carbonyl (C=O) groups excluding carboxylic acids is 1. The first-order chi connectivity index (χ1) is 8.45. The average molecular weight is 253 g/mol. The number of carboxylic acids is 1. The van der Waals surface area contributed by atoms with Crippen molar-refractivity contribution in [1.29, 1.82) is 0 Å². The number of H-pyrrole nitrogens is 1. The Bertz CT molecular complexity index is 426. The lowest BCUT2D eigenvalue weighted by molar-refractivity contribution is -0.137. The summed E-state index contributed by atoms with van der Waals surface area (Å²) in [6.45, 7) is 6.49. The van der Waals surface area contributed by atoms with Gasteiger partial charge in [0.2, 0.25) is 0 Å². The molecule has 0 unspecified atom stereocenters. The van der Waals surface area contributed by atoms with Crippen LogP contribution in [-0.2, 0) is 4.79 Å². The molecule has 6 nitrogen and oxygen atoms in total. The van der Waals surface area contributed by atoms with Crippen molar-refractivity contribution in [3.05, 3.63) is 17.5 Å². The fourth-order valence-electron chi connectivity index (χ4n) is 1.54. The molecule has 1 amide bonds. The van der Waals surface area contributed by atoms with Crippen LogP contribution in [0.15, 0.2) is 6.07 Å². The number of rotatable bonds is 6. The number of hydrogen-bond acceptors (Lipinski definition) is 3. The van der Waals surface area contributed by atoms with Gasteiger partial charge in [0, 0.05) is 18.8 Å². The van der Waals surface area contributed by atoms with Crippen LogP contribution < -0.4 is 0 Å². The number of aromatic nitrogens is 2. The van der Waals surface area contributed by atoms with Crippen LogP contribution in [0.4, 0.5) is 0 Å². The van der Waals surface area contributed by atoms with E-state index in [9.17, 15) is 9.59 Å². The molecule has 1 aromatic heterocycles. The lowest BCUT2D eigenvalue weighted by Gasteiger charge is -2.18. The van der Waals surface area contributed by atoms with Gasteiger partial charge in [0.05, 0.1) is 6.42 Å². The minimum atomic E-state index is -0.911. The molecule has 0 fully saturated rings. The zero-order valence-electron chi connectivity index (χ0n) is 10.9. The fourth-order valence-corrected chi connectivity index (χ4v) is 1.54. The van der Waals surface area contributed by atoms with Gasteiger partial charge < -0.3 is 10.0 Å². The molecule has 0 bridgehead atoms. The highest BCUT2D eigenvalue weighted by Gasteiger charge is 2.18. The molecule has 2 N–H and O–H groups in total. The minimum absolute atomic E-state index is 0.0545. The molecule has 6 heteroatoms. The molecule has 1 heterocycles. The molecule has 0 aliphatic heterocycles. The average Bonchev–Trinajstić information content (AvgIpc) is 2.78. The number of carboxylic acid groups (broad SMARTS) is 1. The quantitative estimate of drug-likeness (QED) is 0.803. The summed E-state index contributed by atoms with van der Waals surface area (Å²) < 4.78 is 0. The third-order valence-corrected chi connectivity index (χ3v) is 2.70. The summed E-state index contributed by atoms with van der Waals surface area (Å²) in [5.41, 5.74) is 1.23. The van der Waals surface area contributed by atoms with E-state index < -0.39 is 5.97 Å². The lowest BCUT2D eigenvalue weighted by atomic mass is 10.1. The number of nitrogens with zero attached hydrogens (tertiary/aromatic N) is 2. The van der Waals surface area contributed by atoms with E-state index in [1.54, 1.807) is 6.07 Å². The molecule has 0 aliphatic rings. The van der Waals surface area contributed by atoms with E-state index in [2.05, 4.69) is 10.2 Å². The van der Waals surface area contributed by atoms with Crippen LogP contribution in [0.2, 0.25) is 0 Å². The first-order valence-electron chi connectivity index (χ1n) is 6.02. The van der Waals surface area contributed by atoms with Crippen LogP contribution in [0.5, 0.6) is 0 Å². The standard InChI is InChI=1S/C12H19N3O3/c1-4-15(6-5-11(16)17)12(18)10-7-9(8(2)3)13-14-10/h7-8H,4-6H2,1-3H3,(H,13,14)(H,16,17). The molecule has 0 radical (unpaired) electrons. The third kappa shape index (κ3) is 3.58. The van der Waals surface area contributed by atoms with Gasteiger partial charge >= 0.3 is 5.97 Å². The predicted molar refractivity (Wildman–Crippen MR) is 66.5 cm³/mol. The maximum absolute atomic E-state index is 12.1. The van der Waals surface area contributed by atoms with Crippen LogP contribution in [0.25, 0.3) is 0 Å². The van der Waals surface area contributed by atoms with Crippen molar-refractivity contribution in [2.45, 2.75) is 33.1 Å². The topological polar surface area (TPSA) is 86.3 Å². The predicted octanol–water partition coefficient (Wildman–Crippen LogP) is 1.47. The molecular weight excluding hydrogens is 234 g/mol. The van der Waals surface area contributed by atoms with Crippen LogP contribution in [-0.4, -0.2) is 45.2 Å². The normalized spacial score (nSPS) is 10.7. The van der Waals surface area contributed by atoms with Gasteiger partial charge in [-0.2, -0.15) is 5.10 Å². The molecule has 0 spiro atoms. The Morgan fingerprint density at radius 2 is 2.17 bits per heavy atom.